The first-order chi connectivity index (χ1) is 12.0. The molecule has 1 atom stereocenters. The summed E-state index contributed by atoms with van der Waals surface area (Å²) >= 11 is 0. The largest absolute Gasteiger partial charge is 0.462 e. The monoisotopic (exact) mass is 350 g/mol. The molecule has 0 saturated heterocycles. The summed E-state index contributed by atoms with van der Waals surface area (Å²) in [5, 5.41) is 0. The van der Waals surface area contributed by atoms with Crippen molar-refractivity contribution in [2.75, 3.05) is 6.61 Å². The van der Waals surface area contributed by atoms with Crippen molar-refractivity contribution in [2.24, 2.45) is 0 Å². The lowest BCUT2D eigenvalue weighted by Gasteiger charge is -2.16. The Morgan fingerprint density at radius 1 is 0.920 bits per heavy atom. The molecule has 0 aliphatic rings. The van der Waals surface area contributed by atoms with Crippen molar-refractivity contribution in [1.29, 1.82) is 0 Å². The standard InChI is InChI=1S/C14H26O4.C7H8/c1-4-5-6-7-8-9-10-14(18-13(3)16)11-17-12(2)15;1-7-5-3-2-4-6-7/h14H,4-11H2,1-3H3;2-6H,1H3. The average Bonchev–Trinajstić information content (AvgIpc) is 2.56. The SMILES string of the molecule is CCCCCCCCC(COC(C)=O)OC(C)=O.Cc1ccccc1. The fourth-order valence-corrected chi connectivity index (χ4v) is 2.31. The van der Waals surface area contributed by atoms with E-state index < -0.39 is 0 Å². The number of esters is 2. The Balaban J connectivity index is 0.000000676. The van der Waals surface area contributed by atoms with E-state index in [9.17, 15) is 9.59 Å². The second kappa shape index (κ2) is 15.7. The minimum atomic E-state index is -0.338. The molecule has 4 nitrogen and oxygen atoms in total. The number of ether oxygens (including phenoxy) is 2. The van der Waals surface area contributed by atoms with Gasteiger partial charge in [0.2, 0.25) is 0 Å². The highest BCUT2D eigenvalue weighted by Gasteiger charge is 2.13. The number of hydrogen-bond donors (Lipinski definition) is 0. The molecule has 0 radical (unpaired) electrons. The molecule has 0 heterocycles. The fraction of sp³-hybridized carbons (Fsp3) is 0.619. The molecule has 25 heavy (non-hydrogen) atoms. The predicted octanol–water partition coefficient (Wildman–Crippen LogP) is 5.23. The number of carbonyl (C=O) groups excluding carboxylic acids is 2. The highest BCUT2D eigenvalue weighted by atomic mass is 16.6. The van der Waals surface area contributed by atoms with Crippen LogP contribution < -0.4 is 0 Å². The molecule has 1 aromatic rings. The highest BCUT2D eigenvalue weighted by Crippen LogP contribution is 2.11. The third kappa shape index (κ3) is 16.8. The molecule has 0 aliphatic carbocycles. The van der Waals surface area contributed by atoms with Crippen LogP contribution >= 0.6 is 0 Å². The molecule has 0 N–H and O–H groups in total. The van der Waals surface area contributed by atoms with Crippen molar-refractivity contribution in [2.45, 2.75) is 78.7 Å². The number of rotatable bonds is 10. The zero-order valence-electron chi connectivity index (χ0n) is 16.3. The summed E-state index contributed by atoms with van der Waals surface area (Å²) in [7, 11) is 0. The summed E-state index contributed by atoms with van der Waals surface area (Å²) in [6, 6.07) is 10.3. The van der Waals surface area contributed by atoms with Gasteiger partial charge >= 0.3 is 11.9 Å². The third-order valence-electron chi connectivity index (χ3n) is 3.63. The van der Waals surface area contributed by atoms with Crippen LogP contribution in [0, 0.1) is 6.92 Å². The third-order valence-corrected chi connectivity index (χ3v) is 3.63. The Hall–Kier alpha value is -1.84. The van der Waals surface area contributed by atoms with Gasteiger partial charge in [0, 0.05) is 13.8 Å². The van der Waals surface area contributed by atoms with E-state index in [2.05, 4.69) is 26.0 Å². The Morgan fingerprint density at radius 2 is 1.52 bits per heavy atom. The van der Waals surface area contributed by atoms with Gasteiger partial charge in [0.1, 0.15) is 12.7 Å². The van der Waals surface area contributed by atoms with Crippen molar-refractivity contribution < 1.29 is 19.1 Å². The van der Waals surface area contributed by atoms with Gasteiger partial charge in [-0.05, 0) is 19.8 Å². The molecule has 142 valence electrons. The van der Waals surface area contributed by atoms with Crippen molar-refractivity contribution in [3.63, 3.8) is 0 Å². The Bertz CT molecular complexity index is 456. The summed E-state index contributed by atoms with van der Waals surface area (Å²) in [4.78, 5) is 21.6. The van der Waals surface area contributed by atoms with Gasteiger partial charge < -0.3 is 9.47 Å². The van der Waals surface area contributed by atoms with Crippen molar-refractivity contribution in [3.05, 3.63) is 35.9 Å². The molecule has 0 spiro atoms. The van der Waals surface area contributed by atoms with Crippen LogP contribution in [-0.2, 0) is 19.1 Å². The molecule has 4 heteroatoms. The topological polar surface area (TPSA) is 52.6 Å². The van der Waals surface area contributed by atoms with E-state index in [-0.39, 0.29) is 24.6 Å². The molecule has 1 unspecified atom stereocenters. The zero-order valence-corrected chi connectivity index (χ0v) is 16.3. The van der Waals surface area contributed by atoms with Crippen LogP contribution in [0.5, 0.6) is 0 Å². The van der Waals surface area contributed by atoms with E-state index in [1.165, 1.54) is 45.1 Å². The molecule has 0 amide bonds. The molecular formula is C21H34O4. The van der Waals surface area contributed by atoms with Gasteiger partial charge in [-0.15, -0.1) is 0 Å². The van der Waals surface area contributed by atoms with Gasteiger partial charge in [-0.1, -0.05) is 74.9 Å². The molecule has 0 bridgehead atoms. The van der Waals surface area contributed by atoms with E-state index in [4.69, 9.17) is 9.47 Å². The van der Waals surface area contributed by atoms with Crippen molar-refractivity contribution >= 4 is 11.9 Å². The van der Waals surface area contributed by atoms with Crippen LogP contribution in [0.4, 0.5) is 0 Å². The minimum Gasteiger partial charge on any atom is -0.462 e. The number of benzene rings is 1. The molecule has 1 aromatic carbocycles. The highest BCUT2D eigenvalue weighted by molar-refractivity contribution is 5.67. The first kappa shape index (κ1) is 23.2. The van der Waals surface area contributed by atoms with Crippen LogP contribution in [0.2, 0.25) is 0 Å². The molecule has 0 saturated carbocycles. The summed E-state index contributed by atoms with van der Waals surface area (Å²) in [5.41, 5.74) is 1.32. The minimum absolute atomic E-state index is 0.171. The van der Waals surface area contributed by atoms with E-state index >= 15 is 0 Å². The van der Waals surface area contributed by atoms with Crippen LogP contribution in [-0.4, -0.2) is 24.6 Å². The fourth-order valence-electron chi connectivity index (χ4n) is 2.31. The zero-order chi connectivity index (χ0) is 18.9. The Labute approximate surface area is 152 Å². The lowest BCUT2D eigenvalue weighted by atomic mass is 10.1. The van der Waals surface area contributed by atoms with Gasteiger partial charge in [-0.25, -0.2) is 0 Å². The Morgan fingerprint density at radius 3 is 2.00 bits per heavy atom. The number of aryl methyl sites for hydroxylation is 1. The van der Waals surface area contributed by atoms with E-state index in [1.807, 2.05) is 18.2 Å². The molecular weight excluding hydrogens is 316 g/mol. The lowest BCUT2D eigenvalue weighted by molar-refractivity contribution is -0.156. The molecule has 0 fully saturated rings. The Kier molecular flexibility index (Phi) is 14.5. The van der Waals surface area contributed by atoms with Gasteiger partial charge in [0.15, 0.2) is 0 Å². The normalized spacial score (nSPS) is 11.0. The second-order valence-electron chi connectivity index (χ2n) is 6.25. The second-order valence-corrected chi connectivity index (χ2v) is 6.25. The first-order valence-electron chi connectivity index (χ1n) is 9.28. The summed E-state index contributed by atoms with van der Waals surface area (Å²) < 4.78 is 10.00. The smallest absolute Gasteiger partial charge is 0.303 e. The molecule has 0 aromatic heterocycles. The van der Waals surface area contributed by atoms with Crippen LogP contribution in [0.1, 0.15) is 71.3 Å². The van der Waals surface area contributed by atoms with E-state index in [0.29, 0.717) is 0 Å². The first-order valence-corrected chi connectivity index (χ1v) is 9.28. The van der Waals surface area contributed by atoms with Gasteiger partial charge in [-0.2, -0.15) is 0 Å². The van der Waals surface area contributed by atoms with E-state index in [1.54, 1.807) is 0 Å². The lowest BCUT2D eigenvalue weighted by Crippen LogP contribution is -2.23. The summed E-state index contributed by atoms with van der Waals surface area (Å²) in [6.45, 7) is 7.18. The van der Waals surface area contributed by atoms with Gasteiger partial charge in [-0.3, -0.25) is 9.59 Å². The maximum atomic E-state index is 10.9. The number of hydrogen-bond acceptors (Lipinski definition) is 4. The van der Waals surface area contributed by atoms with Crippen LogP contribution in [0.15, 0.2) is 30.3 Å². The van der Waals surface area contributed by atoms with Gasteiger partial charge in [0.05, 0.1) is 0 Å². The van der Waals surface area contributed by atoms with Crippen molar-refractivity contribution in [1.82, 2.24) is 0 Å². The number of carbonyl (C=O) groups is 2. The summed E-state index contributed by atoms with van der Waals surface area (Å²) in [5.74, 6) is -0.659. The maximum absolute atomic E-state index is 10.9. The quantitative estimate of drug-likeness (QED) is 0.428. The average molecular weight is 350 g/mol. The predicted molar refractivity (Wildman–Crippen MR) is 101 cm³/mol. The van der Waals surface area contributed by atoms with Gasteiger partial charge in [0.25, 0.3) is 0 Å². The van der Waals surface area contributed by atoms with Crippen LogP contribution in [0.25, 0.3) is 0 Å². The molecule has 0 aliphatic heterocycles. The van der Waals surface area contributed by atoms with E-state index in [0.717, 1.165) is 19.3 Å². The van der Waals surface area contributed by atoms with Crippen molar-refractivity contribution in [3.8, 4) is 0 Å². The van der Waals surface area contributed by atoms with Crippen LogP contribution in [0.3, 0.4) is 0 Å². The number of unbranched alkanes of at least 4 members (excludes halogenated alkanes) is 5. The molecule has 1 rings (SSSR count). The maximum Gasteiger partial charge on any atom is 0.303 e. The summed E-state index contributed by atoms with van der Waals surface area (Å²) in [6.07, 6.45) is 7.60.